The zero-order valence-corrected chi connectivity index (χ0v) is 12.1. The number of nitrogens with zero attached hydrogens (tertiary/aromatic N) is 1. The Hall–Kier alpha value is -0.610. The third-order valence-corrected chi connectivity index (χ3v) is 4.61. The van der Waals surface area contributed by atoms with Crippen molar-refractivity contribution in [3.05, 3.63) is 0 Å². The van der Waals surface area contributed by atoms with Gasteiger partial charge in [-0.1, -0.05) is 25.7 Å². The molecule has 4 heteroatoms. The van der Waals surface area contributed by atoms with Gasteiger partial charge in [0.1, 0.15) is 0 Å². The smallest absolute Gasteiger partial charge is 0.237 e. The summed E-state index contributed by atoms with van der Waals surface area (Å²) in [6, 6.07) is 0.664. The summed E-state index contributed by atoms with van der Waals surface area (Å²) < 4.78 is 0. The molecule has 1 heterocycles. The first-order valence-electron chi connectivity index (χ1n) is 7.89. The van der Waals surface area contributed by atoms with E-state index in [2.05, 4.69) is 17.1 Å². The second-order valence-electron chi connectivity index (χ2n) is 6.11. The van der Waals surface area contributed by atoms with E-state index in [1.54, 1.807) is 0 Å². The molecule has 1 amide bonds. The Balaban J connectivity index is 2.09. The van der Waals surface area contributed by atoms with Crippen molar-refractivity contribution in [3.63, 3.8) is 0 Å². The van der Waals surface area contributed by atoms with E-state index in [4.69, 9.17) is 0 Å². The molecule has 0 spiro atoms. The summed E-state index contributed by atoms with van der Waals surface area (Å²) in [5, 5.41) is 12.3. The summed E-state index contributed by atoms with van der Waals surface area (Å²) in [6.07, 6.45) is 9.23. The normalized spacial score (nSPS) is 31.6. The average molecular weight is 268 g/mol. The third kappa shape index (κ3) is 3.93. The molecule has 0 bridgehead atoms. The number of amides is 1. The van der Waals surface area contributed by atoms with Crippen LogP contribution in [-0.4, -0.2) is 47.2 Å². The predicted octanol–water partition coefficient (Wildman–Crippen LogP) is 1.67. The van der Waals surface area contributed by atoms with Gasteiger partial charge in [0.15, 0.2) is 0 Å². The molecule has 0 radical (unpaired) electrons. The van der Waals surface area contributed by atoms with E-state index in [0.29, 0.717) is 12.5 Å². The number of aliphatic hydroxyl groups is 1. The first kappa shape index (κ1) is 14.8. The molecule has 1 saturated heterocycles. The van der Waals surface area contributed by atoms with Crippen LogP contribution in [0.5, 0.6) is 0 Å². The Kier molecular flexibility index (Phi) is 5.64. The molecule has 2 fully saturated rings. The van der Waals surface area contributed by atoms with Crippen molar-refractivity contribution in [2.24, 2.45) is 0 Å². The minimum Gasteiger partial charge on any atom is -0.396 e. The number of carbonyl (C=O) groups excluding carboxylic acids is 1. The van der Waals surface area contributed by atoms with E-state index in [-0.39, 0.29) is 24.6 Å². The van der Waals surface area contributed by atoms with Gasteiger partial charge in [0.05, 0.1) is 6.04 Å². The largest absolute Gasteiger partial charge is 0.396 e. The fraction of sp³-hybridized carbons (Fsp3) is 0.933. The molecule has 2 unspecified atom stereocenters. The first-order valence-corrected chi connectivity index (χ1v) is 7.89. The molecule has 2 atom stereocenters. The van der Waals surface area contributed by atoms with E-state index >= 15 is 0 Å². The summed E-state index contributed by atoms with van der Waals surface area (Å²) in [5.41, 5.74) is 0. The summed E-state index contributed by atoms with van der Waals surface area (Å²) in [5.74, 6) is 0.114. The monoisotopic (exact) mass is 268 g/mol. The molecule has 2 aliphatic rings. The van der Waals surface area contributed by atoms with Gasteiger partial charge >= 0.3 is 0 Å². The standard InChI is InChI=1S/C15H28N2O2/c1-12-8-10-17(13-6-4-2-3-5-7-13)14(9-11-18)15(19)16-12/h12-14,18H,2-11H2,1H3,(H,16,19). The van der Waals surface area contributed by atoms with E-state index in [1.807, 2.05) is 0 Å². The zero-order valence-electron chi connectivity index (χ0n) is 12.1. The van der Waals surface area contributed by atoms with Crippen molar-refractivity contribution in [3.8, 4) is 0 Å². The highest BCUT2D eigenvalue weighted by molar-refractivity contribution is 5.82. The maximum Gasteiger partial charge on any atom is 0.237 e. The van der Waals surface area contributed by atoms with Crippen LogP contribution in [0.25, 0.3) is 0 Å². The summed E-state index contributed by atoms with van der Waals surface area (Å²) in [6.45, 7) is 3.15. The Labute approximate surface area is 116 Å². The number of nitrogens with one attached hydrogen (secondary N) is 1. The van der Waals surface area contributed by atoms with Gasteiger partial charge in [0.2, 0.25) is 5.91 Å². The van der Waals surface area contributed by atoms with Gasteiger partial charge in [0, 0.05) is 25.2 Å². The molecular weight excluding hydrogens is 240 g/mol. The zero-order chi connectivity index (χ0) is 13.7. The second-order valence-corrected chi connectivity index (χ2v) is 6.11. The number of rotatable bonds is 3. The molecule has 0 aromatic rings. The minimum atomic E-state index is -0.127. The Morgan fingerprint density at radius 3 is 2.53 bits per heavy atom. The summed E-state index contributed by atoms with van der Waals surface area (Å²) in [7, 11) is 0. The molecule has 2 rings (SSSR count). The number of carbonyl (C=O) groups is 1. The molecule has 19 heavy (non-hydrogen) atoms. The highest BCUT2D eigenvalue weighted by Crippen LogP contribution is 2.26. The topological polar surface area (TPSA) is 52.6 Å². The van der Waals surface area contributed by atoms with Gasteiger partial charge in [-0.3, -0.25) is 9.69 Å². The quantitative estimate of drug-likeness (QED) is 0.766. The molecule has 0 aromatic carbocycles. The lowest BCUT2D eigenvalue weighted by atomic mass is 10.0. The molecule has 110 valence electrons. The molecule has 4 nitrogen and oxygen atoms in total. The van der Waals surface area contributed by atoms with E-state index in [0.717, 1.165) is 13.0 Å². The van der Waals surface area contributed by atoms with E-state index in [9.17, 15) is 9.90 Å². The van der Waals surface area contributed by atoms with Gasteiger partial charge in [-0.2, -0.15) is 0 Å². The molecule has 1 aliphatic heterocycles. The lowest BCUT2D eigenvalue weighted by molar-refractivity contribution is -0.127. The van der Waals surface area contributed by atoms with E-state index in [1.165, 1.54) is 38.5 Å². The van der Waals surface area contributed by atoms with Crippen molar-refractivity contribution in [2.75, 3.05) is 13.2 Å². The lowest BCUT2D eigenvalue weighted by Gasteiger charge is -2.35. The van der Waals surface area contributed by atoms with Gasteiger partial charge in [-0.05, 0) is 32.6 Å². The van der Waals surface area contributed by atoms with Crippen molar-refractivity contribution in [1.29, 1.82) is 0 Å². The number of aliphatic hydroxyl groups excluding tert-OH is 1. The van der Waals surface area contributed by atoms with Crippen LogP contribution >= 0.6 is 0 Å². The van der Waals surface area contributed by atoms with Crippen LogP contribution in [0.2, 0.25) is 0 Å². The fourth-order valence-electron chi connectivity index (χ4n) is 3.51. The Morgan fingerprint density at radius 1 is 1.21 bits per heavy atom. The van der Waals surface area contributed by atoms with Gasteiger partial charge in [-0.25, -0.2) is 0 Å². The molecule has 1 saturated carbocycles. The predicted molar refractivity (Wildman–Crippen MR) is 75.9 cm³/mol. The minimum absolute atomic E-state index is 0.0929. The highest BCUT2D eigenvalue weighted by Gasteiger charge is 2.34. The second kappa shape index (κ2) is 7.25. The lowest BCUT2D eigenvalue weighted by Crippen LogP contribution is -2.49. The van der Waals surface area contributed by atoms with E-state index < -0.39 is 0 Å². The first-order chi connectivity index (χ1) is 9.22. The van der Waals surface area contributed by atoms with Crippen LogP contribution in [-0.2, 0) is 4.79 Å². The maximum atomic E-state index is 12.3. The van der Waals surface area contributed by atoms with Crippen LogP contribution in [0.4, 0.5) is 0 Å². The van der Waals surface area contributed by atoms with Crippen LogP contribution in [0.1, 0.15) is 58.3 Å². The van der Waals surface area contributed by atoms with Gasteiger partial charge < -0.3 is 10.4 Å². The van der Waals surface area contributed by atoms with Crippen LogP contribution in [0.15, 0.2) is 0 Å². The van der Waals surface area contributed by atoms with Gasteiger partial charge in [0.25, 0.3) is 0 Å². The number of hydrogen-bond acceptors (Lipinski definition) is 3. The fourth-order valence-corrected chi connectivity index (χ4v) is 3.51. The van der Waals surface area contributed by atoms with Crippen molar-refractivity contribution in [2.45, 2.75) is 76.4 Å². The van der Waals surface area contributed by atoms with Gasteiger partial charge in [-0.15, -0.1) is 0 Å². The molecular formula is C15H28N2O2. The Bertz CT molecular complexity index is 288. The maximum absolute atomic E-state index is 12.3. The van der Waals surface area contributed by atoms with Crippen LogP contribution in [0, 0.1) is 0 Å². The number of hydrogen-bond donors (Lipinski definition) is 2. The van der Waals surface area contributed by atoms with Crippen molar-refractivity contribution < 1.29 is 9.90 Å². The van der Waals surface area contributed by atoms with Crippen molar-refractivity contribution in [1.82, 2.24) is 10.2 Å². The Morgan fingerprint density at radius 2 is 1.89 bits per heavy atom. The molecule has 0 aromatic heterocycles. The van der Waals surface area contributed by atoms with Crippen LogP contribution < -0.4 is 5.32 Å². The molecule has 2 N–H and O–H groups in total. The third-order valence-electron chi connectivity index (χ3n) is 4.61. The highest BCUT2D eigenvalue weighted by atomic mass is 16.3. The SMILES string of the molecule is CC1CCN(C2CCCCCC2)C(CCO)C(=O)N1. The molecule has 1 aliphatic carbocycles. The summed E-state index contributed by atoms with van der Waals surface area (Å²) in [4.78, 5) is 14.7. The average Bonchev–Trinajstić information content (AvgIpc) is 2.72. The van der Waals surface area contributed by atoms with Crippen LogP contribution in [0.3, 0.4) is 0 Å². The summed E-state index contributed by atoms with van der Waals surface area (Å²) >= 11 is 0. The van der Waals surface area contributed by atoms with Crippen molar-refractivity contribution >= 4 is 5.91 Å².